The van der Waals surface area contributed by atoms with Crippen LogP contribution in [0, 0.1) is 5.92 Å². The van der Waals surface area contributed by atoms with Gasteiger partial charge in [-0.1, -0.05) is 12.1 Å². The topological polar surface area (TPSA) is 55.8 Å². The summed E-state index contributed by atoms with van der Waals surface area (Å²) in [5.74, 6) is -1.86. The van der Waals surface area contributed by atoms with Gasteiger partial charge >= 0.3 is 12.3 Å². The molecule has 0 heterocycles. The minimum Gasteiger partial charge on any atom is -0.486 e. The number of carboxylic acid groups (broad SMARTS) is 1. The number of rotatable bonds is 4. The quantitative estimate of drug-likeness (QED) is 0.918. The molecule has 0 aliphatic heterocycles. The minimum atomic E-state index is -4.79. The van der Waals surface area contributed by atoms with Crippen molar-refractivity contribution in [3.63, 3.8) is 0 Å². The number of aliphatic carboxylic acids is 1. The monoisotopic (exact) mass is 276 g/mol. The maximum Gasteiger partial charge on any atom is 0.573 e. The normalized spacial score (nSPS) is 22.5. The van der Waals surface area contributed by atoms with E-state index in [0.29, 0.717) is 0 Å². The van der Waals surface area contributed by atoms with Gasteiger partial charge < -0.3 is 14.6 Å². The Morgan fingerprint density at radius 3 is 2.32 bits per heavy atom. The van der Waals surface area contributed by atoms with Crippen molar-refractivity contribution in [2.45, 2.75) is 25.3 Å². The summed E-state index contributed by atoms with van der Waals surface area (Å²) in [7, 11) is 0. The molecule has 19 heavy (non-hydrogen) atoms. The van der Waals surface area contributed by atoms with E-state index in [-0.39, 0.29) is 24.7 Å². The maximum atomic E-state index is 12.2. The van der Waals surface area contributed by atoms with Crippen LogP contribution >= 0.6 is 0 Å². The van der Waals surface area contributed by atoms with Crippen LogP contribution in [0.3, 0.4) is 0 Å². The Kier molecular flexibility index (Phi) is 3.55. The summed E-state index contributed by atoms with van der Waals surface area (Å²) in [6, 6.07) is 5.42. The minimum absolute atomic E-state index is 0.0336. The molecule has 104 valence electrons. The molecule has 0 radical (unpaired) electrons. The Balaban J connectivity index is 1.99. The molecule has 0 saturated heterocycles. The second-order valence-corrected chi connectivity index (χ2v) is 4.24. The molecule has 2 rings (SSSR count). The van der Waals surface area contributed by atoms with Crippen molar-refractivity contribution in [3.05, 3.63) is 24.3 Å². The molecule has 1 aliphatic rings. The van der Waals surface area contributed by atoms with Gasteiger partial charge in [0.1, 0.15) is 6.10 Å². The molecular formula is C12H11F3O4. The SMILES string of the molecule is O=C(O)[C@H]1C[C@H](Oc2ccccc2OC(F)(F)F)C1. The van der Waals surface area contributed by atoms with Crippen LogP contribution in [0.1, 0.15) is 12.8 Å². The van der Waals surface area contributed by atoms with E-state index < -0.39 is 24.0 Å². The largest absolute Gasteiger partial charge is 0.573 e. The number of carboxylic acids is 1. The first-order valence-electron chi connectivity index (χ1n) is 5.59. The van der Waals surface area contributed by atoms with Crippen LogP contribution in [0.2, 0.25) is 0 Å². The van der Waals surface area contributed by atoms with Crippen LogP contribution in [-0.2, 0) is 4.79 Å². The Morgan fingerprint density at radius 1 is 1.21 bits per heavy atom. The fourth-order valence-electron chi connectivity index (χ4n) is 1.80. The lowest BCUT2D eigenvalue weighted by atomic mass is 9.82. The number of ether oxygens (including phenoxy) is 2. The predicted molar refractivity (Wildman–Crippen MR) is 57.9 cm³/mol. The Bertz CT molecular complexity index is 466. The van der Waals surface area contributed by atoms with Gasteiger partial charge in [-0.05, 0) is 25.0 Å². The van der Waals surface area contributed by atoms with Gasteiger partial charge in [0, 0.05) is 0 Å². The van der Waals surface area contributed by atoms with Crippen molar-refractivity contribution in [2.75, 3.05) is 0 Å². The van der Waals surface area contributed by atoms with E-state index in [2.05, 4.69) is 4.74 Å². The third kappa shape index (κ3) is 3.52. The average Bonchev–Trinajstić information content (AvgIpc) is 2.22. The van der Waals surface area contributed by atoms with Crippen molar-refractivity contribution < 1.29 is 32.5 Å². The molecule has 0 spiro atoms. The van der Waals surface area contributed by atoms with Gasteiger partial charge in [0.05, 0.1) is 5.92 Å². The third-order valence-corrected chi connectivity index (χ3v) is 2.81. The molecule has 1 aromatic carbocycles. The highest BCUT2D eigenvalue weighted by atomic mass is 19.4. The van der Waals surface area contributed by atoms with Gasteiger partial charge in [-0.15, -0.1) is 13.2 Å². The molecule has 0 atom stereocenters. The van der Waals surface area contributed by atoms with E-state index in [1.807, 2.05) is 0 Å². The van der Waals surface area contributed by atoms with Gasteiger partial charge in [0.15, 0.2) is 11.5 Å². The van der Waals surface area contributed by atoms with Crippen molar-refractivity contribution in [1.29, 1.82) is 0 Å². The summed E-state index contributed by atoms with van der Waals surface area (Å²) in [5, 5.41) is 8.70. The lowest BCUT2D eigenvalue weighted by Crippen LogP contribution is -2.38. The third-order valence-electron chi connectivity index (χ3n) is 2.81. The number of hydrogen-bond acceptors (Lipinski definition) is 3. The Hall–Kier alpha value is -1.92. The molecule has 1 saturated carbocycles. The molecule has 0 bridgehead atoms. The van der Waals surface area contributed by atoms with E-state index in [1.165, 1.54) is 18.2 Å². The van der Waals surface area contributed by atoms with Gasteiger partial charge in [0.25, 0.3) is 0 Å². The lowest BCUT2D eigenvalue weighted by Gasteiger charge is -2.32. The number of alkyl halides is 3. The first kappa shape index (κ1) is 13.5. The smallest absolute Gasteiger partial charge is 0.486 e. The fraction of sp³-hybridized carbons (Fsp3) is 0.417. The van der Waals surface area contributed by atoms with E-state index in [9.17, 15) is 18.0 Å². The second-order valence-electron chi connectivity index (χ2n) is 4.24. The van der Waals surface area contributed by atoms with Crippen molar-refractivity contribution in [3.8, 4) is 11.5 Å². The number of carbonyl (C=O) groups is 1. The van der Waals surface area contributed by atoms with Gasteiger partial charge in [0.2, 0.25) is 0 Å². The lowest BCUT2D eigenvalue weighted by molar-refractivity contribution is -0.275. The summed E-state index contributed by atoms with van der Waals surface area (Å²) < 4.78 is 45.7. The maximum absolute atomic E-state index is 12.2. The summed E-state index contributed by atoms with van der Waals surface area (Å²) in [6.45, 7) is 0. The van der Waals surface area contributed by atoms with E-state index in [0.717, 1.165) is 6.07 Å². The highest BCUT2D eigenvalue weighted by molar-refractivity contribution is 5.71. The van der Waals surface area contributed by atoms with Crippen molar-refractivity contribution in [1.82, 2.24) is 0 Å². The van der Waals surface area contributed by atoms with Gasteiger partial charge in [-0.2, -0.15) is 0 Å². The van der Waals surface area contributed by atoms with Gasteiger partial charge in [-0.25, -0.2) is 0 Å². The molecule has 1 N–H and O–H groups in total. The zero-order valence-corrected chi connectivity index (χ0v) is 9.68. The summed E-state index contributed by atoms with van der Waals surface area (Å²) >= 11 is 0. The second kappa shape index (κ2) is 4.99. The first-order valence-corrected chi connectivity index (χ1v) is 5.59. The molecule has 7 heteroatoms. The van der Waals surface area contributed by atoms with Crippen LogP contribution < -0.4 is 9.47 Å². The first-order chi connectivity index (χ1) is 8.85. The molecule has 1 aromatic rings. The molecule has 0 amide bonds. The molecule has 4 nitrogen and oxygen atoms in total. The van der Waals surface area contributed by atoms with Crippen LogP contribution in [0.5, 0.6) is 11.5 Å². The molecule has 0 aromatic heterocycles. The summed E-state index contributed by atoms with van der Waals surface area (Å²) in [4.78, 5) is 10.6. The standard InChI is InChI=1S/C12H11F3O4/c13-12(14,15)19-10-4-2-1-3-9(10)18-8-5-7(6-8)11(16)17/h1-4,7-8H,5-6H2,(H,16,17)/t7-,8-. The molecular weight excluding hydrogens is 265 g/mol. The Morgan fingerprint density at radius 2 is 1.79 bits per heavy atom. The zero-order valence-electron chi connectivity index (χ0n) is 9.68. The van der Waals surface area contributed by atoms with Crippen LogP contribution in [0.15, 0.2) is 24.3 Å². The summed E-state index contributed by atoms with van der Waals surface area (Å²) in [5.41, 5.74) is 0. The highest BCUT2D eigenvalue weighted by Gasteiger charge is 2.37. The van der Waals surface area contributed by atoms with Crippen LogP contribution in [0.25, 0.3) is 0 Å². The van der Waals surface area contributed by atoms with Gasteiger partial charge in [-0.3, -0.25) is 4.79 Å². The summed E-state index contributed by atoms with van der Waals surface area (Å²) in [6.07, 6.45) is -4.60. The zero-order chi connectivity index (χ0) is 14.0. The highest BCUT2D eigenvalue weighted by Crippen LogP contribution is 2.37. The predicted octanol–water partition coefficient (Wildman–Crippen LogP) is 2.83. The Labute approximate surface area is 106 Å². The van der Waals surface area contributed by atoms with Crippen molar-refractivity contribution >= 4 is 5.97 Å². The van der Waals surface area contributed by atoms with Crippen LogP contribution in [0.4, 0.5) is 13.2 Å². The van der Waals surface area contributed by atoms with E-state index in [1.54, 1.807) is 0 Å². The van der Waals surface area contributed by atoms with Crippen molar-refractivity contribution in [2.24, 2.45) is 5.92 Å². The number of para-hydroxylation sites is 2. The van der Waals surface area contributed by atoms with E-state index >= 15 is 0 Å². The molecule has 1 aliphatic carbocycles. The molecule has 0 unspecified atom stereocenters. The number of benzene rings is 1. The molecule has 1 fully saturated rings. The fourth-order valence-corrected chi connectivity index (χ4v) is 1.80. The van der Waals surface area contributed by atoms with E-state index in [4.69, 9.17) is 9.84 Å². The van der Waals surface area contributed by atoms with Crippen LogP contribution in [-0.4, -0.2) is 23.5 Å². The number of hydrogen-bond donors (Lipinski definition) is 1. The average molecular weight is 276 g/mol. The number of halogens is 3.